The van der Waals surface area contributed by atoms with Crippen LogP contribution in [0.25, 0.3) is 0 Å². The lowest BCUT2D eigenvalue weighted by Crippen LogP contribution is -2.17. The highest BCUT2D eigenvalue weighted by Gasteiger charge is 2.12. The van der Waals surface area contributed by atoms with Crippen molar-refractivity contribution in [2.45, 2.75) is 26.8 Å². The van der Waals surface area contributed by atoms with Gasteiger partial charge in [-0.25, -0.2) is 0 Å². The normalized spacial score (nSPS) is 10.6. The molecule has 0 bridgehead atoms. The first-order valence-corrected chi connectivity index (χ1v) is 6.93. The summed E-state index contributed by atoms with van der Waals surface area (Å²) in [7, 11) is 0. The molecule has 2 aromatic heterocycles. The molecule has 0 saturated carbocycles. The lowest BCUT2D eigenvalue weighted by molar-refractivity contribution is -0.144. The Morgan fingerprint density at radius 2 is 2.32 bits per heavy atom. The van der Waals surface area contributed by atoms with Gasteiger partial charge >= 0.3 is 5.97 Å². The van der Waals surface area contributed by atoms with Gasteiger partial charge in [0.25, 0.3) is 0 Å². The van der Waals surface area contributed by atoms with E-state index in [2.05, 4.69) is 5.10 Å². The van der Waals surface area contributed by atoms with E-state index < -0.39 is 0 Å². The van der Waals surface area contributed by atoms with Crippen LogP contribution in [-0.2, 0) is 22.5 Å². The molecule has 0 fully saturated rings. The van der Waals surface area contributed by atoms with Crippen molar-refractivity contribution in [2.75, 3.05) is 12.3 Å². The number of aromatic nitrogens is 2. The Labute approximate surface area is 116 Å². The van der Waals surface area contributed by atoms with E-state index in [1.54, 1.807) is 16.0 Å². The molecule has 6 heteroatoms. The third kappa shape index (κ3) is 3.35. The van der Waals surface area contributed by atoms with Gasteiger partial charge in [-0.05, 0) is 25.3 Å². The van der Waals surface area contributed by atoms with Crippen LogP contribution in [0.2, 0.25) is 0 Å². The summed E-state index contributed by atoms with van der Waals surface area (Å²) in [5.74, 6) is -0.290. The Morgan fingerprint density at radius 1 is 1.53 bits per heavy atom. The van der Waals surface area contributed by atoms with Crippen molar-refractivity contribution in [3.05, 3.63) is 33.8 Å². The minimum Gasteiger partial charge on any atom is -0.464 e. The Hall–Kier alpha value is -1.82. The molecule has 2 rings (SSSR count). The summed E-state index contributed by atoms with van der Waals surface area (Å²) >= 11 is 1.66. The zero-order valence-corrected chi connectivity index (χ0v) is 11.9. The van der Waals surface area contributed by atoms with Crippen molar-refractivity contribution < 1.29 is 9.53 Å². The fourth-order valence-electron chi connectivity index (χ4n) is 1.75. The number of thiophene rings is 1. The highest BCUT2D eigenvalue weighted by molar-refractivity contribution is 7.09. The van der Waals surface area contributed by atoms with Crippen LogP contribution in [0.3, 0.4) is 0 Å². The van der Waals surface area contributed by atoms with Crippen molar-refractivity contribution >= 4 is 23.0 Å². The number of esters is 1. The number of hydrogen-bond donors (Lipinski definition) is 1. The molecule has 2 aromatic rings. The second-order valence-electron chi connectivity index (χ2n) is 4.29. The van der Waals surface area contributed by atoms with E-state index in [-0.39, 0.29) is 12.5 Å². The van der Waals surface area contributed by atoms with E-state index in [4.69, 9.17) is 10.5 Å². The van der Waals surface area contributed by atoms with Crippen molar-refractivity contribution in [2.24, 2.45) is 0 Å². The van der Waals surface area contributed by atoms with Gasteiger partial charge < -0.3 is 10.5 Å². The number of nitrogens with two attached hydrogens (primary N) is 1. The fraction of sp³-hybridized carbons (Fsp3) is 0.385. The number of carbonyl (C=O) groups excluding carboxylic acids is 1. The summed E-state index contributed by atoms with van der Waals surface area (Å²) in [4.78, 5) is 12.9. The van der Waals surface area contributed by atoms with Crippen LogP contribution in [0.15, 0.2) is 17.5 Å². The van der Waals surface area contributed by atoms with E-state index in [1.807, 2.05) is 31.4 Å². The van der Waals surface area contributed by atoms with Crippen molar-refractivity contribution in [1.29, 1.82) is 0 Å². The van der Waals surface area contributed by atoms with Crippen molar-refractivity contribution in [3.8, 4) is 0 Å². The van der Waals surface area contributed by atoms with Crippen LogP contribution >= 0.6 is 11.3 Å². The predicted octanol–water partition coefficient (Wildman–Crippen LogP) is 1.93. The van der Waals surface area contributed by atoms with Crippen LogP contribution in [0, 0.1) is 13.8 Å². The van der Waals surface area contributed by atoms with Crippen molar-refractivity contribution in [1.82, 2.24) is 9.78 Å². The first kappa shape index (κ1) is 13.6. The SMILES string of the molecule is Cc1nn(CC(=O)OCCc2cccs2)c(C)c1N. The Morgan fingerprint density at radius 3 is 2.89 bits per heavy atom. The highest BCUT2D eigenvalue weighted by Crippen LogP contribution is 2.14. The zero-order valence-electron chi connectivity index (χ0n) is 11.0. The largest absolute Gasteiger partial charge is 0.464 e. The van der Waals surface area contributed by atoms with Gasteiger partial charge in [-0.15, -0.1) is 11.3 Å². The molecule has 0 spiro atoms. The number of nitrogens with zero attached hydrogens (tertiary/aromatic N) is 2. The molecule has 2 heterocycles. The average molecular weight is 279 g/mol. The number of hydrogen-bond acceptors (Lipinski definition) is 5. The number of anilines is 1. The molecule has 0 aliphatic heterocycles. The second-order valence-corrected chi connectivity index (χ2v) is 5.32. The lowest BCUT2D eigenvalue weighted by Gasteiger charge is -2.05. The minimum absolute atomic E-state index is 0.105. The third-order valence-electron chi connectivity index (χ3n) is 2.91. The lowest BCUT2D eigenvalue weighted by atomic mass is 10.3. The Bertz CT molecular complexity index is 561. The van der Waals surface area contributed by atoms with E-state index in [9.17, 15) is 4.79 Å². The molecule has 0 radical (unpaired) electrons. The standard InChI is InChI=1S/C13H17N3O2S/c1-9-13(14)10(2)16(15-9)8-12(17)18-6-5-11-4-3-7-19-11/h3-4,7H,5-6,8,14H2,1-2H3. The van der Waals surface area contributed by atoms with E-state index in [0.717, 1.165) is 17.8 Å². The molecule has 5 nitrogen and oxygen atoms in total. The van der Waals surface area contributed by atoms with Crippen LogP contribution < -0.4 is 5.73 Å². The molecule has 2 N–H and O–H groups in total. The van der Waals surface area contributed by atoms with Gasteiger partial charge in [0.2, 0.25) is 0 Å². The van der Waals surface area contributed by atoms with Gasteiger partial charge in [0, 0.05) is 11.3 Å². The predicted molar refractivity (Wildman–Crippen MR) is 75.1 cm³/mol. The Kier molecular flexibility index (Phi) is 4.21. The fourth-order valence-corrected chi connectivity index (χ4v) is 2.44. The molecule has 0 saturated heterocycles. The van der Waals surface area contributed by atoms with Crippen LogP contribution in [0.1, 0.15) is 16.3 Å². The number of rotatable bonds is 5. The third-order valence-corrected chi connectivity index (χ3v) is 3.84. The quantitative estimate of drug-likeness (QED) is 0.849. The Balaban J connectivity index is 1.82. The minimum atomic E-state index is -0.290. The molecule has 0 aliphatic rings. The van der Waals surface area contributed by atoms with Crippen LogP contribution in [0.5, 0.6) is 0 Å². The summed E-state index contributed by atoms with van der Waals surface area (Å²) in [6.07, 6.45) is 0.753. The van der Waals surface area contributed by atoms with Gasteiger partial charge in [0.15, 0.2) is 0 Å². The first-order valence-electron chi connectivity index (χ1n) is 6.05. The average Bonchev–Trinajstić information content (AvgIpc) is 2.96. The topological polar surface area (TPSA) is 70.1 Å². The molecule has 0 amide bonds. The maximum Gasteiger partial charge on any atom is 0.327 e. The summed E-state index contributed by atoms with van der Waals surface area (Å²) in [5, 5.41) is 6.21. The number of carbonyl (C=O) groups is 1. The maximum absolute atomic E-state index is 11.7. The monoisotopic (exact) mass is 279 g/mol. The molecule has 19 heavy (non-hydrogen) atoms. The summed E-state index contributed by atoms with van der Waals surface area (Å²) in [5.41, 5.74) is 7.98. The highest BCUT2D eigenvalue weighted by atomic mass is 32.1. The first-order chi connectivity index (χ1) is 9.08. The number of ether oxygens (including phenoxy) is 1. The second kappa shape index (κ2) is 5.88. The summed E-state index contributed by atoms with van der Waals surface area (Å²) in [6.45, 7) is 4.16. The van der Waals surface area contributed by atoms with E-state index in [1.165, 1.54) is 4.88 Å². The van der Waals surface area contributed by atoms with E-state index >= 15 is 0 Å². The van der Waals surface area contributed by atoms with Crippen molar-refractivity contribution in [3.63, 3.8) is 0 Å². The van der Waals surface area contributed by atoms with Gasteiger partial charge in [0.05, 0.1) is 23.7 Å². The summed E-state index contributed by atoms with van der Waals surface area (Å²) < 4.78 is 6.77. The molecular weight excluding hydrogens is 262 g/mol. The maximum atomic E-state index is 11.7. The van der Waals surface area contributed by atoms with Gasteiger partial charge in [-0.3, -0.25) is 9.48 Å². The molecule has 0 aliphatic carbocycles. The van der Waals surface area contributed by atoms with Gasteiger partial charge in [0.1, 0.15) is 6.54 Å². The zero-order chi connectivity index (χ0) is 13.8. The van der Waals surface area contributed by atoms with Gasteiger partial charge in [-0.1, -0.05) is 6.07 Å². The molecule has 0 unspecified atom stereocenters. The van der Waals surface area contributed by atoms with Gasteiger partial charge in [-0.2, -0.15) is 5.10 Å². The molecule has 0 aromatic carbocycles. The molecular formula is C13H17N3O2S. The number of nitrogen functional groups attached to an aromatic ring is 1. The van der Waals surface area contributed by atoms with Crippen LogP contribution in [-0.4, -0.2) is 22.4 Å². The van der Waals surface area contributed by atoms with E-state index in [0.29, 0.717) is 12.3 Å². The smallest absolute Gasteiger partial charge is 0.327 e. The molecule has 0 atom stereocenters. The van der Waals surface area contributed by atoms with Crippen LogP contribution in [0.4, 0.5) is 5.69 Å². The number of aryl methyl sites for hydroxylation is 1. The molecule has 102 valence electrons. The summed E-state index contributed by atoms with van der Waals surface area (Å²) in [6, 6.07) is 4.01.